The van der Waals surface area contributed by atoms with E-state index in [0.29, 0.717) is 0 Å². The number of rotatable bonds is 4. The lowest BCUT2D eigenvalue weighted by Gasteiger charge is -2.29. The fourth-order valence-electron chi connectivity index (χ4n) is 1.82. The molecule has 0 aromatic rings. The van der Waals surface area contributed by atoms with Gasteiger partial charge in [0, 0.05) is 0 Å². The van der Waals surface area contributed by atoms with Crippen LogP contribution in [0.25, 0.3) is 0 Å². The molecule has 1 aliphatic rings. The van der Waals surface area contributed by atoms with Gasteiger partial charge in [-0.2, -0.15) is 5.26 Å². The zero-order chi connectivity index (χ0) is 9.57. The van der Waals surface area contributed by atoms with Gasteiger partial charge in [0.1, 0.15) is 4.75 Å². The van der Waals surface area contributed by atoms with Crippen LogP contribution in [-0.2, 0) is 0 Å². The Kier molecular flexibility index (Phi) is 4.66. The summed E-state index contributed by atoms with van der Waals surface area (Å²) in [4.78, 5) is 0. The first-order chi connectivity index (χ1) is 6.33. The summed E-state index contributed by atoms with van der Waals surface area (Å²) in [7, 11) is 0. The Bertz CT molecular complexity index is 177. The third-order valence-corrected chi connectivity index (χ3v) is 4.29. The van der Waals surface area contributed by atoms with Crippen molar-refractivity contribution < 1.29 is 0 Å². The van der Waals surface area contributed by atoms with E-state index in [2.05, 4.69) is 13.0 Å². The molecular formula is C11H19NS. The molecule has 0 heterocycles. The maximum absolute atomic E-state index is 9.17. The standard InChI is InChI=1S/C11H19NS/c1-2-3-9-13-11(10-12)7-5-4-6-8-11/h2-9H2,1H3. The summed E-state index contributed by atoms with van der Waals surface area (Å²) in [5, 5.41) is 9.17. The Morgan fingerprint density at radius 1 is 1.31 bits per heavy atom. The molecule has 1 rings (SSSR count). The molecule has 13 heavy (non-hydrogen) atoms. The van der Waals surface area contributed by atoms with Crippen molar-refractivity contribution in [2.24, 2.45) is 0 Å². The smallest absolute Gasteiger partial charge is 0.102 e. The van der Waals surface area contributed by atoms with Gasteiger partial charge in [-0.25, -0.2) is 0 Å². The van der Waals surface area contributed by atoms with Crippen molar-refractivity contribution in [1.29, 1.82) is 5.26 Å². The van der Waals surface area contributed by atoms with E-state index in [1.54, 1.807) is 0 Å². The van der Waals surface area contributed by atoms with Crippen molar-refractivity contribution in [3.8, 4) is 6.07 Å². The lowest BCUT2D eigenvalue weighted by molar-refractivity contribution is 0.459. The number of nitrogens with zero attached hydrogens (tertiary/aromatic N) is 1. The van der Waals surface area contributed by atoms with Crippen molar-refractivity contribution in [3.63, 3.8) is 0 Å². The Morgan fingerprint density at radius 3 is 2.54 bits per heavy atom. The second kappa shape index (κ2) is 5.54. The van der Waals surface area contributed by atoms with Gasteiger partial charge in [0.15, 0.2) is 0 Å². The van der Waals surface area contributed by atoms with Gasteiger partial charge in [-0.05, 0) is 25.0 Å². The molecule has 0 N–H and O–H groups in total. The van der Waals surface area contributed by atoms with E-state index in [9.17, 15) is 5.26 Å². The van der Waals surface area contributed by atoms with Gasteiger partial charge < -0.3 is 0 Å². The molecule has 1 fully saturated rings. The number of nitriles is 1. The van der Waals surface area contributed by atoms with Crippen LogP contribution >= 0.6 is 11.8 Å². The van der Waals surface area contributed by atoms with E-state index in [1.165, 1.54) is 37.9 Å². The second-order valence-electron chi connectivity index (χ2n) is 3.87. The molecule has 1 aliphatic carbocycles. The minimum Gasteiger partial charge on any atom is -0.197 e. The molecule has 0 saturated heterocycles. The van der Waals surface area contributed by atoms with Crippen molar-refractivity contribution >= 4 is 11.8 Å². The van der Waals surface area contributed by atoms with Crippen LogP contribution < -0.4 is 0 Å². The van der Waals surface area contributed by atoms with Crippen molar-refractivity contribution in [1.82, 2.24) is 0 Å². The summed E-state index contributed by atoms with van der Waals surface area (Å²) in [5.74, 6) is 1.17. The van der Waals surface area contributed by atoms with E-state index in [-0.39, 0.29) is 4.75 Å². The summed E-state index contributed by atoms with van der Waals surface area (Å²) in [6.07, 6.45) is 8.59. The van der Waals surface area contributed by atoms with Crippen LogP contribution in [0.5, 0.6) is 0 Å². The maximum atomic E-state index is 9.17. The highest BCUT2D eigenvalue weighted by Crippen LogP contribution is 2.39. The zero-order valence-electron chi connectivity index (χ0n) is 8.51. The van der Waals surface area contributed by atoms with Crippen LogP contribution in [-0.4, -0.2) is 10.5 Å². The summed E-state index contributed by atoms with van der Waals surface area (Å²) >= 11 is 1.91. The van der Waals surface area contributed by atoms with Gasteiger partial charge in [-0.1, -0.05) is 32.6 Å². The SMILES string of the molecule is CCCCSC1(C#N)CCCCC1. The second-order valence-corrected chi connectivity index (χ2v) is 5.35. The van der Waals surface area contributed by atoms with Crippen molar-refractivity contribution in [2.45, 2.75) is 56.6 Å². The van der Waals surface area contributed by atoms with Crippen molar-refractivity contribution in [3.05, 3.63) is 0 Å². The lowest BCUT2D eigenvalue weighted by Crippen LogP contribution is -2.26. The summed E-state index contributed by atoms with van der Waals surface area (Å²) in [5.41, 5.74) is 0. The Balaban J connectivity index is 2.35. The zero-order valence-corrected chi connectivity index (χ0v) is 9.33. The molecule has 0 radical (unpaired) electrons. The third-order valence-electron chi connectivity index (χ3n) is 2.74. The number of unbranched alkanes of at least 4 members (excludes halogenated alkanes) is 1. The summed E-state index contributed by atoms with van der Waals surface area (Å²) in [6, 6.07) is 2.54. The number of hydrogen-bond acceptors (Lipinski definition) is 2. The van der Waals surface area contributed by atoms with Crippen LogP contribution in [0.2, 0.25) is 0 Å². The fraction of sp³-hybridized carbons (Fsp3) is 0.909. The average Bonchev–Trinajstić information content (AvgIpc) is 2.20. The highest BCUT2D eigenvalue weighted by molar-refractivity contribution is 8.00. The van der Waals surface area contributed by atoms with E-state index >= 15 is 0 Å². The van der Waals surface area contributed by atoms with Gasteiger partial charge in [0.2, 0.25) is 0 Å². The number of thioether (sulfide) groups is 1. The van der Waals surface area contributed by atoms with Gasteiger partial charge in [0.25, 0.3) is 0 Å². The molecule has 1 nitrogen and oxygen atoms in total. The highest BCUT2D eigenvalue weighted by atomic mass is 32.2. The molecule has 1 saturated carbocycles. The van der Waals surface area contributed by atoms with Gasteiger partial charge in [-0.15, -0.1) is 11.8 Å². The topological polar surface area (TPSA) is 23.8 Å². The maximum Gasteiger partial charge on any atom is 0.102 e. The number of hydrogen-bond donors (Lipinski definition) is 0. The van der Waals surface area contributed by atoms with Crippen LogP contribution in [0.15, 0.2) is 0 Å². The molecule has 2 heteroatoms. The largest absolute Gasteiger partial charge is 0.197 e. The Labute approximate surface area is 85.9 Å². The molecule has 0 aromatic heterocycles. The fourth-order valence-corrected chi connectivity index (χ4v) is 3.29. The van der Waals surface area contributed by atoms with Gasteiger partial charge >= 0.3 is 0 Å². The van der Waals surface area contributed by atoms with Gasteiger partial charge in [0.05, 0.1) is 6.07 Å². The molecule has 74 valence electrons. The van der Waals surface area contributed by atoms with Crippen LogP contribution in [0.4, 0.5) is 0 Å². The third kappa shape index (κ3) is 3.23. The van der Waals surface area contributed by atoms with Gasteiger partial charge in [-0.3, -0.25) is 0 Å². The van der Waals surface area contributed by atoms with Crippen LogP contribution in [0.1, 0.15) is 51.9 Å². The van der Waals surface area contributed by atoms with E-state index in [0.717, 1.165) is 12.8 Å². The normalized spacial score (nSPS) is 20.9. The molecule has 0 aliphatic heterocycles. The lowest BCUT2D eigenvalue weighted by atomic mass is 9.89. The Morgan fingerprint density at radius 2 is 2.00 bits per heavy atom. The first-order valence-electron chi connectivity index (χ1n) is 5.38. The van der Waals surface area contributed by atoms with Crippen LogP contribution in [0, 0.1) is 11.3 Å². The van der Waals surface area contributed by atoms with Crippen LogP contribution in [0.3, 0.4) is 0 Å². The molecular weight excluding hydrogens is 178 g/mol. The molecule has 0 aromatic carbocycles. The molecule has 0 atom stereocenters. The van der Waals surface area contributed by atoms with E-state index in [4.69, 9.17) is 0 Å². The quantitative estimate of drug-likeness (QED) is 0.641. The molecule has 0 unspecified atom stereocenters. The predicted octanol–water partition coefficient (Wildman–Crippen LogP) is 3.75. The minimum atomic E-state index is -0.00653. The van der Waals surface area contributed by atoms with Crippen molar-refractivity contribution in [2.75, 3.05) is 5.75 Å². The first kappa shape index (κ1) is 10.9. The molecule has 0 bridgehead atoms. The van der Waals surface area contributed by atoms with E-state index < -0.39 is 0 Å². The highest BCUT2D eigenvalue weighted by Gasteiger charge is 2.31. The van der Waals surface area contributed by atoms with E-state index in [1.807, 2.05) is 11.8 Å². The molecule has 0 amide bonds. The summed E-state index contributed by atoms with van der Waals surface area (Å²) < 4.78 is -0.00653. The first-order valence-corrected chi connectivity index (χ1v) is 6.37. The monoisotopic (exact) mass is 197 g/mol. The average molecular weight is 197 g/mol. The summed E-state index contributed by atoms with van der Waals surface area (Å²) in [6.45, 7) is 2.21. The predicted molar refractivity (Wildman–Crippen MR) is 58.8 cm³/mol. The minimum absolute atomic E-state index is 0.00653. The molecule has 0 spiro atoms. The Hall–Kier alpha value is -0.160.